The zero-order valence-electron chi connectivity index (χ0n) is 15.2. The van der Waals surface area contributed by atoms with E-state index in [2.05, 4.69) is 19.9 Å². The molecular weight excluding hydrogens is 338 g/mol. The lowest BCUT2D eigenvalue weighted by Gasteiger charge is -2.31. The summed E-state index contributed by atoms with van der Waals surface area (Å²) >= 11 is 0. The van der Waals surface area contributed by atoms with Gasteiger partial charge < -0.3 is 10.6 Å². The molecule has 6 nitrogen and oxygen atoms in total. The Balaban J connectivity index is 1.58. The van der Waals surface area contributed by atoms with E-state index in [1.165, 1.54) is 0 Å². The van der Waals surface area contributed by atoms with E-state index in [1.807, 2.05) is 43.3 Å². The number of rotatable bonds is 4. The molecular formula is C21H21N5O. The van der Waals surface area contributed by atoms with Crippen LogP contribution < -0.4 is 10.6 Å². The summed E-state index contributed by atoms with van der Waals surface area (Å²) in [5, 5.41) is 0. The Morgan fingerprint density at radius 3 is 2.81 bits per heavy atom. The minimum atomic E-state index is 0.0240. The van der Waals surface area contributed by atoms with Gasteiger partial charge in [0.25, 0.3) is 0 Å². The lowest BCUT2D eigenvalue weighted by Crippen LogP contribution is -2.32. The summed E-state index contributed by atoms with van der Waals surface area (Å²) < 4.78 is 0. The number of benzene rings is 1. The van der Waals surface area contributed by atoms with E-state index in [-0.39, 0.29) is 5.78 Å². The number of aryl methyl sites for hydroxylation is 1. The summed E-state index contributed by atoms with van der Waals surface area (Å²) in [6, 6.07) is 11.7. The SMILES string of the molecule is Cc1cnc(C(=O)Cc2ccccc2)cc1N1CCc2nc(N)ncc2C1. The highest BCUT2D eigenvalue weighted by Crippen LogP contribution is 2.27. The van der Waals surface area contributed by atoms with Crippen molar-refractivity contribution in [1.29, 1.82) is 0 Å². The maximum atomic E-state index is 12.7. The largest absolute Gasteiger partial charge is 0.368 e. The van der Waals surface area contributed by atoms with Gasteiger partial charge in [0, 0.05) is 49.6 Å². The Kier molecular flexibility index (Phi) is 4.54. The van der Waals surface area contributed by atoms with Crippen molar-refractivity contribution in [2.75, 3.05) is 17.2 Å². The predicted molar refractivity (Wildman–Crippen MR) is 105 cm³/mol. The standard InChI is InChI=1S/C21H21N5O/c1-14-11-23-18(20(27)9-15-5-3-2-4-6-15)10-19(14)26-8-7-17-16(13-26)12-24-21(22)25-17/h2-6,10-12H,7-9,13H2,1H3,(H2,22,24,25). The first kappa shape index (κ1) is 17.1. The lowest BCUT2D eigenvalue weighted by molar-refractivity contribution is 0.0988. The van der Waals surface area contributed by atoms with Crippen molar-refractivity contribution < 1.29 is 4.79 Å². The molecule has 0 amide bonds. The van der Waals surface area contributed by atoms with Crippen molar-refractivity contribution >= 4 is 17.4 Å². The highest BCUT2D eigenvalue weighted by atomic mass is 16.1. The van der Waals surface area contributed by atoms with Gasteiger partial charge in [-0.3, -0.25) is 9.78 Å². The average Bonchev–Trinajstić information content (AvgIpc) is 2.68. The number of ketones is 1. The number of anilines is 2. The monoisotopic (exact) mass is 359 g/mol. The number of carbonyl (C=O) groups is 1. The first-order chi connectivity index (χ1) is 13.1. The molecule has 1 aromatic carbocycles. The summed E-state index contributed by atoms with van der Waals surface area (Å²) in [7, 11) is 0. The molecule has 136 valence electrons. The Hall–Kier alpha value is -3.28. The van der Waals surface area contributed by atoms with Crippen LogP contribution in [0, 0.1) is 6.92 Å². The number of nitrogen functional groups attached to an aromatic ring is 1. The molecule has 6 heteroatoms. The van der Waals surface area contributed by atoms with Crippen LogP contribution in [0.1, 0.15) is 32.9 Å². The van der Waals surface area contributed by atoms with Crippen LogP contribution in [0.25, 0.3) is 0 Å². The number of aromatic nitrogens is 3. The summed E-state index contributed by atoms with van der Waals surface area (Å²) in [5.74, 6) is 0.340. The molecule has 0 bridgehead atoms. The Labute approximate surface area is 158 Å². The minimum absolute atomic E-state index is 0.0240. The second-order valence-corrected chi connectivity index (χ2v) is 6.81. The Morgan fingerprint density at radius 1 is 1.19 bits per heavy atom. The quantitative estimate of drug-likeness (QED) is 0.721. The van der Waals surface area contributed by atoms with Crippen LogP contribution in [0.2, 0.25) is 0 Å². The summed E-state index contributed by atoms with van der Waals surface area (Å²) in [5.41, 5.74) is 11.3. The molecule has 0 atom stereocenters. The number of Topliss-reactive ketones (excluding diaryl/α,β-unsaturated/α-hetero) is 1. The highest BCUT2D eigenvalue weighted by molar-refractivity contribution is 5.96. The first-order valence-electron chi connectivity index (χ1n) is 8.99. The Bertz CT molecular complexity index is 987. The molecule has 0 fully saturated rings. The molecule has 3 heterocycles. The zero-order valence-corrected chi connectivity index (χ0v) is 15.2. The van der Waals surface area contributed by atoms with Crippen molar-refractivity contribution in [3.8, 4) is 0 Å². The van der Waals surface area contributed by atoms with Gasteiger partial charge in [0.2, 0.25) is 5.95 Å². The van der Waals surface area contributed by atoms with Gasteiger partial charge in [0.1, 0.15) is 5.69 Å². The van der Waals surface area contributed by atoms with E-state index in [9.17, 15) is 4.79 Å². The average molecular weight is 359 g/mol. The second-order valence-electron chi connectivity index (χ2n) is 6.81. The molecule has 1 aliphatic heterocycles. The van der Waals surface area contributed by atoms with Gasteiger partial charge in [0.15, 0.2) is 5.78 Å². The lowest BCUT2D eigenvalue weighted by atomic mass is 10.0. The third kappa shape index (κ3) is 3.65. The van der Waals surface area contributed by atoms with Crippen LogP contribution in [0.4, 0.5) is 11.6 Å². The van der Waals surface area contributed by atoms with Crippen LogP contribution in [0.3, 0.4) is 0 Å². The number of nitrogens with two attached hydrogens (primary N) is 1. The van der Waals surface area contributed by atoms with Crippen LogP contribution in [-0.4, -0.2) is 27.3 Å². The summed E-state index contributed by atoms with van der Waals surface area (Å²) in [6.45, 7) is 3.54. The summed E-state index contributed by atoms with van der Waals surface area (Å²) in [4.78, 5) is 27.7. The third-order valence-corrected chi connectivity index (χ3v) is 4.86. The molecule has 2 N–H and O–H groups in total. The van der Waals surface area contributed by atoms with Crippen molar-refractivity contribution in [3.63, 3.8) is 0 Å². The molecule has 0 saturated heterocycles. The number of nitrogens with zero attached hydrogens (tertiary/aromatic N) is 4. The number of carbonyl (C=O) groups excluding carboxylic acids is 1. The van der Waals surface area contributed by atoms with E-state index in [0.29, 0.717) is 24.6 Å². The van der Waals surface area contributed by atoms with E-state index < -0.39 is 0 Å². The van der Waals surface area contributed by atoms with Gasteiger partial charge in [0.05, 0.1) is 5.69 Å². The number of pyridine rings is 1. The maximum absolute atomic E-state index is 12.7. The van der Waals surface area contributed by atoms with Gasteiger partial charge in [-0.2, -0.15) is 0 Å². The van der Waals surface area contributed by atoms with Gasteiger partial charge >= 0.3 is 0 Å². The molecule has 4 rings (SSSR count). The highest BCUT2D eigenvalue weighted by Gasteiger charge is 2.21. The van der Waals surface area contributed by atoms with E-state index in [0.717, 1.165) is 41.0 Å². The third-order valence-electron chi connectivity index (χ3n) is 4.86. The molecule has 2 aromatic heterocycles. The molecule has 0 spiro atoms. The van der Waals surface area contributed by atoms with E-state index >= 15 is 0 Å². The van der Waals surface area contributed by atoms with E-state index in [1.54, 1.807) is 12.4 Å². The molecule has 0 saturated carbocycles. The van der Waals surface area contributed by atoms with Crippen molar-refractivity contribution in [2.24, 2.45) is 0 Å². The van der Waals surface area contributed by atoms with Crippen LogP contribution >= 0.6 is 0 Å². The van der Waals surface area contributed by atoms with Crippen LogP contribution in [0.15, 0.2) is 48.8 Å². The minimum Gasteiger partial charge on any atom is -0.368 e. The van der Waals surface area contributed by atoms with Crippen LogP contribution in [-0.2, 0) is 19.4 Å². The number of hydrogen-bond donors (Lipinski definition) is 1. The normalized spacial score (nSPS) is 13.3. The van der Waals surface area contributed by atoms with Crippen molar-refractivity contribution in [3.05, 3.63) is 76.9 Å². The van der Waals surface area contributed by atoms with Gasteiger partial charge in [-0.1, -0.05) is 30.3 Å². The summed E-state index contributed by atoms with van der Waals surface area (Å²) in [6.07, 6.45) is 4.73. The zero-order chi connectivity index (χ0) is 18.8. The molecule has 0 unspecified atom stereocenters. The fourth-order valence-corrected chi connectivity index (χ4v) is 3.42. The molecule has 3 aromatic rings. The van der Waals surface area contributed by atoms with Gasteiger partial charge in [-0.15, -0.1) is 0 Å². The molecule has 0 aliphatic carbocycles. The van der Waals surface area contributed by atoms with Crippen molar-refractivity contribution in [1.82, 2.24) is 15.0 Å². The molecule has 0 radical (unpaired) electrons. The fraction of sp³-hybridized carbons (Fsp3) is 0.238. The van der Waals surface area contributed by atoms with E-state index in [4.69, 9.17) is 5.73 Å². The van der Waals surface area contributed by atoms with Crippen molar-refractivity contribution in [2.45, 2.75) is 26.3 Å². The molecule has 27 heavy (non-hydrogen) atoms. The molecule has 1 aliphatic rings. The smallest absolute Gasteiger partial charge is 0.220 e. The number of fused-ring (bicyclic) bond motifs is 1. The van der Waals surface area contributed by atoms with Crippen LogP contribution in [0.5, 0.6) is 0 Å². The topological polar surface area (TPSA) is 85.0 Å². The second kappa shape index (κ2) is 7.15. The predicted octanol–water partition coefficient (Wildman–Crippen LogP) is 2.75. The number of hydrogen-bond acceptors (Lipinski definition) is 6. The van der Waals surface area contributed by atoms with Gasteiger partial charge in [-0.25, -0.2) is 9.97 Å². The Morgan fingerprint density at radius 2 is 2.00 bits per heavy atom. The fourth-order valence-electron chi connectivity index (χ4n) is 3.42. The maximum Gasteiger partial charge on any atom is 0.220 e. The first-order valence-corrected chi connectivity index (χ1v) is 8.99. The van der Waals surface area contributed by atoms with Gasteiger partial charge in [-0.05, 0) is 24.1 Å².